The van der Waals surface area contributed by atoms with Crippen LogP contribution in [0.4, 0.5) is 0 Å². The highest BCUT2D eigenvalue weighted by molar-refractivity contribution is 8.14. The maximum atomic E-state index is 12.0. The lowest BCUT2D eigenvalue weighted by molar-refractivity contribution is 0.0978. The van der Waals surface area contributed by atoms with Crippen molar-refractivity contribution in [1.29, 1.82) is 0 Å². The third-order valence-corrected chi connectivity index (χ3v) is 3.71. The van der Waals surface area contributed by atoms with E-state index >= 15 is 0 Å². The number of benzene rings is 1. The molecule has 1 aliphatic rings. The number of carbonyl (C=O) groups excluding carboxylic acids is 1. The van der Waals surface area contributed by atoms with E-state index < -0.39 is 0 Å². The minimum absolute atomic E-state index is 0.0800. The van der Waals surface area contributed by atoms with Crippen LogP contribution in [0.15, 0.2) is 29.3 Å². The first-order chi connectivity index (χ1) is 8.47. The van der Waals surface area contributed by atoms with Crippen LogP contribution in [0.25, 0.3) is 0 Å². The second kappa shape index (κ2) is 5.14. The van der Waals surface area contributed by atoms with E-state index in [0.717, 1.165) is 17.5 Å². The van der Waals surface area contributed by atoms with Gasteiger partial charge < -0.3 is 5.32 Å². The summed E-state index contributed by atoms with van der Waals surface area (Å²) in [7, 11) is 0. The second-order valence-electron chi connectivity index (χ2n) is 5.32. The van der Waals surface area contributed by atoms with Crippen LogP contribution >= 0.6 is 11.8 Å². The molecule has 2 rings (SSSR count). The molecule has 1 aromatic carbocycles. The second-order valence-corrected chi connectivity index (χ2v) is 6.40. The predicted octanol–water partition coefficient (Wildman–Crippen LogP) is 2.82. The minimum Gasteiger partial charge on any atom is -0.301 e. The van der Waals surface area contributed by atoms with Crippen LogP contribution < -0.4 is 5.32 Å². The van der Waals surface area contributed by atoms with Crippen molar-refractivity contribution in [1.82, 2.24) is 5.32 Å². The van der Waals surface area contributed by atoms with Gasteiger partial charge >= 0.3 is 0 Å². The third-order valence-electron chi connectivity index (χ3n) is 2.82. The van der Waals surface area contributed by atoms with Gasteiger partial charge in [0.1, 0.15) is 0 Å². The maximum Gasteiger partial charge on any atom is 0.257 e. The summed E-state index contributed by atoms with van der Waals surface area (Å²) in [5.41, 5.74) is 2.02. The molecule has 1 aliphatic heterocycles. The highest BCUT2D eigenvalue weighted by Crippen LogP contribution is 2.22. The molecule has 0 unspecified atom stereocenters. The van der Waals surface area contributed by atoms with Crippen molar-refractivity contribution in [2.24, 2.45) is 4.99 Å². The van der Waals surface area contributed by atoms with Gasteiger partial charge in [-0.05, 0) is 23.1 Å². The van der Waals surface area contributed by atoms with Crippen molar-refractivity contribution in [3.63, 3.8) is 0 Å². The number of rotatable bonds is 1. The van der Waals surface area contributed by atoms with E-state index in [-0.39, 0.29) is 11.3 Å². The van der Waals surface area contributed by atoms with Crippen molar-refractivity contribution in [2.45, 2.75) is 26.2 Å². The van der Waals surface area contributed by atoms with Crippen LogP contribution in [0.3, 0.4) is 0 Å². The van der Waals surface area contributed by atoms with Gasteiger partial charge in [0.05, 0.1) is 6.54 Å². The number of carbonyl (C=O) groups is 1. The van der Waals surface area contributed by atoms with Crippen molar-refractivity contribution in [3.05, 3.63) is 35.4 Å². The third kappa shape index (κ3) is 3.13. The molecule has 96 valence electrons. The fourth-order valence-corrected chi connectivity index (χ4v) is 2.43. The summed E-state index contributed by atoms with van der Waals surface area (Å²) in [4.78, 5) is 16.2. The van der Waals surface area contributed by atoms with Crippen molar-refractivity contribution >= 4 is 22.8 Å². The van der Waals surface area contributed by atoms with Gasteiger partial charge in [0, 0.05) is 11.3 Å². The number of nitrogens with zero attached hydrogens (tertiary/aromatic N) is 1. The Balaban J connectivity index is 2.07. The van der Waals surface area contributed by atoms with Crippen molar-refractivity contribution in [2.75, 3.05) is 12.3 Å². The van der Waals surface area contributed by atoms with E-state index in [2.05, 4.69) is 31.1 Å². The van der Waals surface area contributed by atoms with E-state index in [0.29, 0.717) is 5.56 Å². The Morgan fingerprint density at radius 2 is 1.94 bits per heavy atom. The number of amides is 1. The molecular formula is C14H18N2OS. The molecule has 1 aromatic rings. The summed E-state index contributed by atoms with van der Waals surface area (Å²) in [6, 6.07) is 7.77. The number of amidine groups is 1. The van der Waals surface area contributed by atoms with Gasteiger partial charge in [0.15, 0.2) is 5.17 Å². The molecule has 0 radical (unpaired) electrons. The molecule has 0 bridgehead atoms. The number of hydrogen-bond donors (Lipinski definition) is 1. The summed E-state index contributed by atoms with van der Waals surface area (Å²) < 4.78 is 0. The fourth-order valence-electron chi connectivity index (χ4n) is 1.70. The lowest BCUT2D eigenvalue weighted by Crippen LogP contribution is -2.27. The molecule has 4 heteroatoms. The van der Waals surface area contributed by atoms with E-state index in [1.807, 2.05) is 24.3 Å². The predicted molar refractivity (Wildman–Crippen MR) is 77.4 cm³/mol. The normalized spacial score (nSPS) is 15.4. The highest BCUT2D eigenvalue weighted by Gasteiger charge is 2.15. The van der Waals surface area contributed by atoms with Gasteiger partial charge in [-0.3, -0.25) is 9.79 Å². The van der Waals surface area contributed by atoms with E-state index in [1.165, 1.54) is 5.56 Å². The standard InChI is InChI=1S/C14H18N2OS/c1-14(2,3)11-6-4-10(5-7-11)12(17)16-13-15-8-9-18-13/h4-7H,8-9H2,1-3H3,(H,15,16,17). The van der Waals surface area contributed by atoms with Gasteiger partial charge in [0.25, 0.3) is 5.91 Å². The topological polar surface area (TPSA) is 41.5 Å². The summed E-state index contributed by atoms with van der Waals surface area (Å²) in [6.45, 7) is 7.27. The number of nitrogens with one attached hydrogen (secondary N) is 1. The van der Waals surface area contributed by atoms with Crippen LogP contribution in [0.1, 0.15) is 36.7 Å². The Kier molecular flexibility index (Phi) is 3.76. The molecule has 0 spiro atoms. The van der Waals surface area contributed by atoms with Crippen LogP contribution in [-0.2, 0) is 5.41 Å². The molecule has 1 heterocycles. The highest BCUT2D eigenvalue weighted by atomic mass is 32.2. The molecule has 18 heavy (non-hydrogen) atoms. The molecule has 0 fully saturated rings. The fraction of sp³-hybridized carbons (Fsp3) is 0.429. The number of aliphatic imine (C=N–C) groups is 1. The summed E-state index contributed by atoms with van der Waals surface area (Å²) >= 11 is 1.59. The zero-order valence-electron chi connectivity index (χ0n) is 11.0. The molecule has 0 aromatic heterocycles. The molecule has 0 saturated heterocycles. The Morgan fingerprint density at radius 3 is 2.44 bits per heavy atom. The van der Waals surface area contributed by atoms with Gasteiger partial charge in [-0.25, -0.2) is 0 Å². The van der Waals surface area contributed by atoms with Crippen LogP contribution in [0.2, 0.25) is 0 Å². The average Bonchev–Trinajstić information content (AvgIpc) is 2.81. The van der Waals surface area contributed by atoms with Gasteiger partial charge in [-0.1, -0.05) is 44.7 Å². The first-order valence-electron chi connectivity index (χ1n) is 6.06. The zero-order valence-corrected chi connectivity index (χ0v) is 11.8. The molecule has 0 atom stereocenters. The Bertz CT molecular complexity index is 472. The Labute approximate surface area is 112 Å². The quantitative estimate of drug-likeness (QED) is 0.845. The van der Waals surface area contributed by atoms with Crippen molar-refractivity contribution < 1.29 is 4.79 Å². The molecule has 1 N–H and O–H groups in total. The van der Waals surface area contributed by atoms with E-state index in [9.17, 15) is 4.79 Å². The van der Waals surface area contributed by atoms with Crippen molar-refractivity contribution in [3.8, 4) is 0 Å². The largest absolute Gasteiger partial charge is 0.301 e. The Morgan fingerprint density at radius 1 is 1.28 bits per heavy atom. The number of thioether (sulfide) groups is 1. The SMILES string of the molecule is CC(C)(C)c1ccc(C(=O)NC2=NCCS2)cc1. The molecule has 3 nitrogen and oxygen atoms in total. The number of hydrogen-bond acceptors (Lipinski definition) is 3. The Hall–Kier alpha value is -1.29. The average molecular weight is 262 g/mol. The van der Waals surface area contributed by atoms with Crippen LogP contribution in [0.5, 0.6) is 0 Å². The minimum atomic E-state index is -0.0800. The molecule has 0 aliphatic carbocycles. The van der Waals surface area contributed by atoms with Gasteiger partial charge in [0.2, 0.25) is 0 Å². The summed E-state index contributed by atoms with van der Waals surface area (Å²) in [5, 5.41) is 3.56. The van der Waals surface area contributed by atoms with E-state index in [4.69, 9.17) is 0 Å². The smallest absolute Gasteiger partial charge is 0.257 e. The van der Waals surface area contributed by atoms with E-state index in [1.54, 1.807) is 11.8 Å². The lowest BCUT2D eigenvalue weighted by Gasteiger charge is -2.19. The first-order valence-corrected chi connectivity index (χ1v) is 7.04. The maximum absolute atomic E-state index is 12.0. The van der Waals surface area contributed by atoms with Gasteiger partial charge in [-0.2, -0.15) is 0 Å². The molecular weight excluding hydrogens is 244 g/mol. The van der Waals surface area contributed by atoms with Gasteiger partial charge in [-0.15, -0.1) is 0 Å². The first kappa shape index (κ1) is 13.1. The molecule has 0 saturated carbocycles. The lowest BCUT2D eigenvalue weighted by atomic mass is 9.87. The monoisotopic (exact) mass is 262 g/mol. The zero-order chi connectivity index (χ0) is 13.2. The molecule has 1 amide bonds. The summed E-state index contributed by atoms with van der Waals surface area (Å²) in [6.07, 6.45) is 0. The summed E-state index contributed by atoms with van der Waals surface area (Å²) in [5.74, 6) is 0.877. The van der Waals surface area contributed by atoms with Crippen LogP contribution in [0, 0.1) is 0 Å². The van der Waals surface area contributed by atoms with Crippen LogP contribution in [-0.4, -0.2) is 23.4 Å².